The van der Waals surface area contributed by atoms with Crippen molar-refractivity contribution in [2.45, 2.75) is 31.7 Å². The van der Waals surface area contributed by atoms with Crippen LogP contribution in [0.3, 0.4) is 0 Å². The summed E-state index contributed by atoms with van der Waals surface area (Å²) in [5.41, 5.74) is 2.16. The van der Waals surface area contributed by atoms with E-state index < -0.39 is 11.9 Å². The third-order valence-electron chi connectivity index (χ3n) is 5.42. The summed E-state index contributed by atoms with van der Waals surface area (Å²) in [5, 5.41) is 3.78. The van der Waals surface area contributed by atoms with Crippen molar-refractivity contribution in [3.63, 3.8) is 0 Å². The van der Waals surface area contributed by atoms with Gasteiger partial charge in [0.2, 0.25) is 11.8 Å². The molecule has 2 amide bonds. The van der Waals surface area contributed by atoms with E-state index >= 15 is 0 Å². The molecular formula is C27H27Cl2FN2O2S. The summed E-state index contributed by atoms with van der Waals surface area (Å²) in [4.78, 5) is 28.2. The Morgan fingerprint density at radius 1 is 0.971 bits per heavy atom. The van der Waals surface area contributed by atoms with Gasteiger partial charge in [0, 0.05) is 40.9 Å². The van der Waals surface area contributed by atoms with Crippen molar-refractivity contribution in [3.05, 3.63) is 105 Å². The van der Waals surface area contributed by atoms with Crippen LogP contribution in [-0.4, -0.2) is 35.1 Å². The van der Waals surface area contributed by atoms with Crippen molar-refractivity contribution in [1.82, 2.24) is 10.2 Å². The van der Waals surface area contributed by atoms with Crippen LogP contribution in [0.15, 0.2) is 72.8 Å². The number of hydrogen-bond acceptors (Lipinski definition) is 3. The molecule has 4 nitrogen and oxygen atoms in total. The molecule has 1 N–H and O–H groups in total. The van der Waals surface area contributed by atoms with E-state index in [2.05, 4.69) is 5.32 Å². The molecule has 0 aliphatic heterocycles. The van der Waals surface area contributed by atoms with Crippen molar-refractivity contribution in [2.75, 3.05) is 12.3 Å². The summed E-state index contributed by atoms with van der Waals surface area (Å²) in [5.74, 6) is -0.524. The number of benzene rings is 3. The van der Waals surface area contributed by atoms with Crippen molar-refractivity contribution in [1.29, 1.82) is 0 Å². The predicted octanol–water partition coefficient (Wildman–Crippen LogP) is 6.14. The number of halogens is 3. The Morgan fingerprint density at radius 2 is 1.69 bits per heavy atom. The molecular weight excluding hydrogens is 506 g/mol. The summed E-state index contributed by atoms with van der Waals surface area (Å²) in [6.45, 7) is 2.54. The maximum atomic E-state index is 14.2. The summed E-state index contributed by atoms with van der Waals surface area (Å²) in [6.07, 6.45) is 0.371. The Hall–Kier alpha value is -2.54. The average molecular weight is 533 g/mol. The van der Waals surface area contributed by atoms with Crippen molar-refractivity contribution in [2.24, 2.45) is 0 Å². The van der Waals surface area contributed by atoms with Gasteiger partial charge in [0.15, 0.2) is 0 Å². The molecule has 1 atom stereocenters. The topological polar surface area (TPSA) is 49.4 Å². The third-order valence-corrected chi connectivity index (χ3v) is 6.97. The molecule has 0 unspecified atom stereocenters. The van der Waals surface area contributed by atoms with E-state index in [1.54, 1.807) is 29.2 Å². The van der Waals surface area contributed by atoms with Gasteiger partial charge in [-0.05, 0) is 42.3 Å². The van der Waals surface area contributed by atoms with E-state index in [9.17, 15) is 14.0 Å². The van der Waals surface area contributed by atoms with Gasteiger partial charge < -0.3 is 10.2 Å². The van der Waals surface area contributed by atoms with Gasteiger partial charge in [0.25, 0.3) is 0 Å². The summed E-state index contributed by atoms with van der Waals surface area (Å²) in [7, 11) is 0. The van der Waals surface area contributed by atoms with Crippen LogP contribution in [0.1, 0.15) is 23.6 Å². The van der Waals surface area contributed by atoms with Crippen LogP contribution in [0, 0.1) is 5.82 Å². The zero-order chi connectivity index (χ0) is 25.2. The number of hydrogen-bond donors (Lipinski definition) is 1. The lowest BCUT2D eigenvalue weighted by Crippen LogP contribution is -2.51. The van der Waals surface area contributed by atoms with Crippen LogP contribution in [0.5, 0.6) is 0 Å². The second-order valence-electron chi connectivity index (χ2n) is 7.94. The van der Waals surface area contributed by atoms with Crippen molar-refractivity contribution < 1.29 is 14.0 Å². The molecule has 0 spiro atoms. The minimum Gasteiger partial charge on any atom is -0.355 e. The maximum absolute atomic E-state index is 14.2. The van der Waals surface area contributed by atoms with Crippen molar-refractivity contribution in [3.8, 4) is 0 Å². The average Bonchev–Trinajstić information content (AvgIpc) is 2.85. The Kier molecular flexibility index (Phi) is 10.5. The monoisotopic (exact) mass is 532 g/mol. The Bertz CT molecular complexity index is 1110. The first kappa shape index (κ1) is 27.1. The number of nitrogens with one attached hydrogen (secondary N) is 1. The Labute approximate surface area is 219 Å². The minimum absolute atomic E-state index is 0.0724. The molecule has 0 saturated heterocycles. The minimum atomic E-state index is -0.710. The molecule has 3 aromatic carbocycles. The van der Waals surface area contributed by atoms with Crippen LogP contribution in [0.4, 0.5) is 4.39 Å². The fourth-order valence-corrected chi connectivity index (χ4v) is 5.00. The van der Waals surface area contributed by atoms with Gasteiger partial charge in [-0.2, -0.15) is 0 Å². The quantitative estimate of drug-likeness (QED) is 0.322. The second-order valence-corrected chi connectivity index (χ2v) is 9.77. The van der Waals surface area contributed by atoms with E-state index in [-0.39, 0.29) is 29.9 Å². The zero-order valence-corrected chi connectivity index (χ0v) is 21.7. The third kappa shape index (κ3) is 7.99. The largest absolute Gasteiger partial charge is 0.355 e. The molecule has 0 saturated carbocycles. The SMILES string of the molecule is CCNC(=O)[C@H](Cc1ccccc1)N(Cc1ccc(Cl)cc1)C(=O)CSCc1c(F)cccc1Cl. The number of rotatable bonds is 11. The lowest BCUT2D eigenvalue weighted by atomic mass is 10.0. The molecule has 0 radical (unpaired) electrons. The highest BCUT2D eigenvalue weighted by Crippen LogP contribution is 2.25. The first-order valence-electron chi connectivity index (χ1n) is 11.2. The second kappa shape index (κ2) is 13.5. The van der Waals surface area contributed by atoms with Gasteiger partial charge in [0.05, 0.1) is 5.75 Å². The number of nitrogens with zero attached hydrogens (tertiary/aromatic N) is 1. The van der Waals surface area contributed by atoms with Gasteiger partial charge in [-0.3, -0.25) is 9.59 Å². The molecule has 0 fully saturated rings. The van der Waals surface area contributed by atoms with Crippen LogP contribution in [0.25, 0.3) is 0 Å². The molecule has 0 aliphatic rings. The molecule has 0 bridgehead atoms. The molecule has 0 aliphatic carbocycles. The maximum Gasteiger partial charge on any atom is 0.243 e. The zero-order valence-electron chi connectivity index (χ0n) is 19.3. The van der Waals surface area contributed by atoms with Crippen LogP contribution in [-0.2, 0) is 28.3 Å². The van der Waals surface area contributed by atoms with Gasteiger partial charge in [-0.1, -0.05) is 71.7 Å². The fourth-order valence-electron chi connectivity index (χ4n) is 3.63. The number of amides is 2. The van der Waals surface area contributed by atoms with E-state index in [1.807, 2.05) is 49.4 Å². The Morgan fingerprint density at radius 3 is 2.34 bits per heavy atom. The number of carbonyl (C=O) groups is 2. The van der Waals surface area contributed by atoms with Gasteiger partial charge in [-0.25, -0.2) is 4.39 Å². The molecule has 0 heterocycles. The molecule has 3 aromatic rings. The molecule has 3 rings (SSSR count). The first-order valence-corrected chi connectivity index (χ1v) is 13.2. The molecule has 184 valence electrons. The van der Waals surface area contributed by atoms with E-state index in [0.717, 1.165) is 11.1 Å². The van der Waals surface area contributed by atoms with E-state index in [4.69, 9.17) is 23.2 Å². The van der Waals surface area contributed by atoms with Crippen LogP contribution < -0.4 is 5.32 Å². The highest BCUT2D eigenvalue weighted by Gasteiger charge is 2.30. The fraction of sp³-hybridized carbons (Fsp3) is 0.259. The molecule has 0 aromatic heterocycles. The predicted molar refractivity (Wildman–Crippen MR) is 142 cm³/mol. The summed E-state index contributed by atoms with van der Waals surface area (Å²) >= 11 is 13.4. The standard InChI is InChI=1S/C27H27Cl2FN2O2S/c1-2-31-27(34)25(15-19-7-4-3-5-8-19)32(16-20-11-13-21(28)14-12-20)26(33)18-35-17-22-23(29)9-6-10-24(22)30/h3-14,25H,2,15-18H2,1H3,(H,31,34)/t25-/m0/s1. The lowest BCUT2D eigenvalue weighted by molar-refractivity contribution is -0.139. The highest BCUT2D eigenvalue weighted by molar-refractivity contribution is 7.99. The summed E-state index contributed by atoms with van der Waals surface area (Å²) < 4.78 is 14.2. The van der Waals surface area contributed by atoms with E-state index in [1.165, 1.54) is 17.8 Å². The van der Waals surface area contributed by atoms with Gasteiger partial charge >= 0.3 is 0 Å². The van der Waals surface area contributed by atoms with E-state index in [0.29, 0.717) is 28.6 Å². The first-order chi connectivity index (χ1) is 16.9. The normalized spacial score (nSPS) is 11.7. The highest BCUT2D eigenvalue weighted by atomic mass is 35.5. The van der Waals surface area contributed by atoms with Gasteiger partial charge in [0.1, 0.15) is 11.9 Å². The number of likely N-dealkylation sites (N-methyl/N-ethyl adjacent to an activating group) is 1. The van der Waals surface area contributed by atoms with Crippen molar-refractivity contribution >= 4 is 46.8 Å². The van der Waals surface area contributed by atoms with Crippen LogP contribution >= 0.6 is 35.0 Å². The van der Waals surface area contributed by atoms with Crippen LogP contribution in [0.2, 0.25) is 10.0 Å². The number of carbonyl (C=O) groups excluding carboxylic acids is 2. The Balaban J connectivity index is 1.84. The summed E-state index contributed by atoms with van der Waals surface area (Å²) in [6, 6.07) is 20.6. The smallest absolute Gasteiger partial charge is 0.243 e. The van der Waals surface area contributed by atoms with Gasteiger partial charge in [-0.15, -0.1) is 11.8 Å². The molecule has 8 heteroatoms. The number of thioether (sulfide) groups is 1. The molecule has 35 heavy (non-hydrogen) atoms. The lowest BCUT2D eigenvalue weighted by Gasteiger charge is -2.31.